The molecule has 0 aliphatic carbocycles. The Morgan fingerprint density at radius 3 is 2.28 bits per heavy atom. The van der Waals surface area contributed by atoms with Gasteiger partial charge in [-0.1, -0.05) is 30.3 Å². The zero-order valence-corrected chi connectivity index (χ0v) is 15.6. The maximum Gasteiger partial charge on any atom is 0.244 e. The van der Waals surface area contributed by atoms with E-state index in [9.17, 15) is 4.79 Å². The van der Waals surface area contributed by atoms with Crippen molar-refractivity contribution >= 4 is 5.91 Å². The molecule has 2 heterocycles. The quantitative estimate of drug-likeness (QED) is 0.870. The van der Waals surface area contributed by atoms with Crippen LogP contribution in [0.2, 0.25) is 0 Å². The second-order valence-corrected chi connectivity index (χ2v) is 7.89. The van der Waals surface area contributed by atoms with Crippen molar-refractivity contribution in [2.45, 2.75) is 50.2 Å². The third kappa shape index (κ3) is 4.40. The summed E-state index contributed by atoms with van der Waals surface area (Å²) in [4.78, 5) is 17.7. The maximum atomic E-state index is 12.7. The van der Waals surface area contributed by atoms with E-state index in [1.54, 1.807) is 6.92 Å². The normalized spacial score (nSPS) is 24.0. The number of piperidine rings is 2. The molecule has 2 aliphatic heterocycles. The molecule has 25 heavy (non-hydrogen) atoms. The van der Waals surface area contributed by atoms with E-state index < -0.39 is 5.54 Å². The van der Waals surface area contributed by atoms with Gasteiger partial charge in [0.1, 0.15) is 5.54 Å². The largest absolute Gasteiger partial charge is 0.351 e. The lowest BCUT2D eigenvalue weighted by atomic mass is 9.91. The molecule has 1 amide bonds. The Morgan fingerprint density at radius 2 is 1.68 bits per heavy atom. The van der Waals surface area contributed by atoms with Crippen LogP contribution in [-0.2, 0) is 10.3 Å². The van der Waals surface area contributed by atoms with Crippen LogP contribution < -0.4 is 11.1 Å². The summed E-state index contributed by atoms with van der Waals surface area (Å²) in [6.45, 7) is 6.34. The van der Waals surface area contributed by atoms with Gasteiger partial charge in [-0.15, -0.1) is 0 Å². The topological polar surface area (TPSA) is 61.6 Å². The Bertz CT molecular complexity index is 558. The summed E-state index contributed by atoms with van der Waals surface area (Å²) < 4.78 is 0. The Labute approximate surface area is 151 Å². The predicted molar refractivity (Wildman–Crippen MR) is 101 cm³/mol. The number of nitrogens with two attached hydrogens (primary N) is 1. The highest BCUT2D eigenvalue weighted by atomic mass is 16.2. The first-order valence-electron chi connectivity index (χ1n) is 9.55. The van der Waals surface area contributed by atoms with Crippen LogP contribution >= 0.6 is 0 Å². The van der Waals surface area contributed by atoms with Crippen molar-refractivity contribution in [3.8, 4) is 0 Å². The summed E-state index contributed by atoms with van der Waals surface area (Å²) in [6.07, 6.45) is 4.57. The number of hydrogen-bond acceptors (Lipinski definition) is 4. The lowest BCUT2D eigenvalue weighted by Gasteiger charge is -2.41. The highest BCUT2D eigenvalue weighted by molar-refractivity contribution is 5.87. The average molecular weight is 345 g/mol. The molecule has 5 heteroatoms. The van der Waals surface area contributed by atoms with E-state index in [2.05, 4.69) is 22.2 Å². The van der Waals surface area contributed by atoms with Crippen LogP contribution in [0.4, 0.5) is 0 Å². The van der Waals surface area contributed by atoms with Crippen LogP contribution in [0.3, 0.4) is 0 Å². The molecule has 0 aromatic heterocycles. The van der Waals surface area contributed by atoms with Gasteiger partial charge in [-0.25, -0.2) is 0 Å². The fourth-order valence-electron chi connectivity index (χ4n) is 4.02. The molecular weight excluding hydrogens is 312 g/mol. The molecule has 5 nitrogen and oxygen atoms in total. The number of hydrogen-bond donors (Lipinski definition) is 2. The summed E-state index contributed by atoms with van der Waals surface area (Å²) >= 11 is 0. The number of nitrogens with one attached hydrogen (secondary N) is 1. The number of likely N-dealkylation sites (tertiary alicyclic amines) is 2. The standard InChI is InChI=1S/C20H32N4O/c1-20(21,16-6-4-3-5-7-16)19(25)22-17-8-14-24(15-9-17)18-10-12-23(2)13-11-18/h3-7,17-18H,8-15,21H2,1-2H3,(H,22,25). The Kier molecular flexibility index (Phi) is 5.77. The second kappa shape index (κ2) is 7.85. The van der Waals surface area contributed by atoms with E-state index >= 15 is 0 Å². The van der Waals surface area contributed by atoms with Crippen molar-refractivity contribution in [3.63, 3.8) is 0 Å². The first-order chi connectivity index (χ1) is 12.0. The van der Waals surface area contributed by atoms with Crippen molar-refractivity contribution in [1.82, 2.24) is 15.1 Å². The van der Waals surface area contributed by atoms with Gasteiger partial charge in [-0.2, -0.15) is 0 Å². The molecule has 2 aliphatic rings. The molecular formula is C20H32N4O. The van der Waals surface area contributed by atoms with Crippen LogP contribution in [0, 0.1) is 0 Å². The molecule has 3 rings (SSSR count). The summed E-state index contributed by atoms with van der Waals surface area (Å²) in [7, 11) is 2.20. The highest BCUT2D eigenvalue weighted by Gasteiger charge is 2.33. The lowest BCUT2D eigenvalue weighted by molar-refractivity contribution is -0.127. The van der Waals surface area contributed by atoms with Crippen molar-refractivity contribution < 1.29 is 4.79 Å². The third-order valence-corrected chi connectivity index (χ3v) is 5.91. The number of nitrogens with zero attached hydrogens (tertiary/aromatic N) is 2. The summed E-state index contributed by atoms with van der Waals surface area (Å²) in [5.74, 6) is -0.0727. The number of rotatable bonds is 4. The molecule has 0 radical (unpaired) electrons. The first kappa shape index (κ1) is 18.4. The minimum Gasteiger partial charge on any atom is -0.351 e. The third-order valence-electron chi connectivity index (χ3n) is 5.91. The fraction of sp³-hybridized carbons (Fsp3) is 0.650. The molecule has 2 fully saturated rings. The van der Waals surface area contributed by atoms with E-state index in [0.29, 0.717) is 0 Å². The molecule has 1 aromatic rings. The van der Waals surface area contributed by atoms with Gasteiger partial charge >= 0.3 is 0 Å². The average Bonchev–Trinajstić information content (AvgIpc) is 2.64. The van der Waals surface area contributed by atoms with Gasteiger partial charge in [-0.3, -0.25) is 4.79 Å². The van der Waals surface area contributed by atoms with Gasteiger partial charge in [0.05, 0.1) is 0 Å². The summed E-state index contributed by atoms with van der Waals surface area (Å²) in [6, 6.07) is 10.6. The van der Waals surface area contributed by atoms with Crippen LogP contribution in [-0.4, -0.2) is 61.0 Å². The van der Waals surface area contributed by atoms with Crippen LogP contribution in [0.25, 0.3) is 0 Å². The first-order valence-corrected chi connectivity index (χ1v) is 9.55. The minimum absolute atomic E-state index is 0.0727. The maximum absolute atomic E-state index is 12.7. The van der Waals surface area contributed by atoms with Crippen LogP contribution in [0.1, 0.15) is 38.2 Å². The van der Waals surface area contributed by atoms with Crippen molar-refractivity contribution in [2.24, 2.45) is 5.73 Å². The van der Waals surface area contributed by atoms with Crippen molar-refractivity contribution in [2.75, 3.05) is 33.2 Å². The molecule has 0 bridgehead atoms. The molecule has 0 saturated carbocycles. The Morgan fingerprint density at radius 1 is 1.08 bits per heavy atom. The predicted octanol–water partition coefficient (Wildman–Crippen LogP) is 1.54. The SMILES string of the molecule is CN1CCC(N2CCC(NC(=O)C(C)(N)c3ccccc3)CC2)CC1. The van der Waals surface area contributed by atoms with Crippen LogP contribution in [0.5, 0.6) is 0 Å². The van der Waals surface area contributed by atoms with Crippen molar-refractivity contribution in [3.05, 3.63) is 35.9 Å². The summed E-state index contributed by atoms with van der Waals surface area (Å²) in [5, 5.41) is 3.19. The molecule has 1 aromatic carbocycles. The van der Waals surface area contributed by atoms with E-state index in [0.717, 1.165) is 37.5 Å². The molecule has 2 saturated heterocycles. The monoisotopic (exact) mass is 344 g/mol. The van der Waals surface area contributed by atoms with E-state index in [4.69, 9.17) is 5.73 Å². The van der Waals surface area contributed by atoms with E-state index in [-0.39, 0.29) is 11.9 Å². The number of benzene rings is 1. The van der Waals surface area contributed by atoms with Gasteiger partial charge in [0.25, 0.3) is 0 Å². The molecule has 1 atom stereocenters. The number of carbonyl (C=O) groups excluding carboxylic acids is 1. The Balaban J connectivity index is 1.49. The van der Waals surface area contributed by atoms with Gasteiger partial charge in [0.2, 0.25) is 5.91 Å². The van der Waals surface area contributed by atoms with Gasteiger partial charge in [-0.05, 0) is 58.3 Å². The zero-order valence-electron chi connectivity index (χ0n) is 15.6. The van der Waals surface area contributed by atoms with Crippen LogP contribution in [0.15, 0.2) is 30.3 Å². The smallest absolute Gasteiger partial charge is 0.244 e. The van der Waals surface area contributed by atoms with Gasteiger partial charge in [0, 0.05) is 25.2 Å². The minimum atomic E-state index is -0.980. The highest BCUT2D eigenvalue weighted by Crippen LogP contribution is 2.22. The molecule has 138 valence electrons. The van der Waals surface area contributed by atoms with Gasteiger partial charge in [0.15, 0.2) is 0 Å². The molecule has 1 unspecified atom stereocenters. The van der Waals surface area contributed by atoms with Crippen molar-refractivity contribution in [1.29, 1.82) is 0 Å². The summed E-state index contributed by atoms with van der Waals surface area (Å²) in [5.41, 5.74) is 6.21. The fourth-order valence-corrected chi connectivity index (χ4v) is 4.02. The second-order valence-electron chi connectivity index (χ2n) is 7.89. The van der Waals surface area contributed by atoms with E-state index in [1.807, 2.05) is 30.3 Å². The van der Waals surface area contributed by atoms with E-state index in [1.165, 1.54) is 25.9 Å². The lowest BCUT2D eigenvalue weighted by Crippen LogP contribution is -2.55. The number of amides is 1. The molecule has 0 spiro atoms. The number of carbonyl (C=O) groups is 1. The molecule has 3 N–H and O–H groups in total. The zero-order chi connectivity index (χ0) is 17.9. The van der Waals surface area contributed by atoms with Gasteiger partial charge < -0.3 is 20.9 Å². The Hall–Kier alpha value is -1.43.